The van der Waals surface area contributed by atoms with Gasteiger partial charge in [0.15, 0.2) is 0 Å². The SMILES string of the molecule is CCCCCNC(=O)C(c1c(C)cccc1C)N(C(=O)CNC(=O)OC(C)(C)C)C1CC1. The minimum Gasteiger partial charge on any atom is -0.444 e. The third kappa shape index (κ3) is 7.53. The van der Waals surface area contributed by atoms with Crippen molar-refractivity contribution in [3.63, 3.8) is 0 Å². The molecule has 3 amide bonds. The average molecular weight is 446 g/mol. The summed E-state index contributed by atoms with van der Waals surface area (Å²) in [7, 11) is 0. The zero-order valence-corrected chi connectivity index (χ0v) is 20.4. The van der Waals surface area contributed by atoms with Crippen LogP contribution in [-0.4, -0.2) is 47.5 Å². The number of hydrogen-bond acceptors (Lipinski definition) is 4. The molecule has 1 aliphatic rings. The van der Waals surface area contributed by atoms with Crippen LogP contribution in [0.5, 0.6) is 0 Å². The quantitative estimate of drug-likeness (QED) is 0.529. The number of rotatable bonds is 10. The normalized spacial score (nSPS) is 14.4. The fourth-order valence-electron chi connectivity index (χ4n) is 3.80. The van der Waals surface area contributed by atoms with Crippen LogP contribution >= 0.6 is 0 Å². The Morgan fingerprint density at radius 3 is 2.25 bits per heavy atom. The molecule has 7 heteroatoms. The lowest BCUT2D eigenvalue weighted by molar-refractivity contribution is -0.141. The summed E-state index contributed by atoms with van der Waals surface area (Å²) in [6.07, 6.45) is 4.07. The third-order valence-corrected chi connectivity index (χ3v) is 5.43. The molecule has 1 aromatic rings. The van der Waals surface area contributed by atoms with Crippen molar-refractivity contribution in [1.82, 2.24) is 15.5 Å². The summed E-state index contributed by atoms with van der Waals surface area (Å²) in [5.74, 6) is -0.453. The zero-order chi connectivity index (χ0) is 23.9. The number of nitrogens with one attached hydrogen (secondary N) is 2. The number of carbonyl (C=O) groups is 3. The predicted octanol–water partition coefficient (Wildman–Crippen LogP) is 4.17. The molecule has 0 saturated heterocycles. The van der Waals surface area contributed by atoms with Gasteiger partial charge in [0.25, 0.3) is 0 Å². The molecule has 1 aliphatic carbocycles. The lowest BCUT2D eigenvalue weighted by Gasteiger charge is -2.33. The summed E-state index contributed by atoms with van der Waals surface area (Å²) in [6.45, 7) is 11.7. The fourth-order valence-corrected chi connectivity index (χ4v) is 3.80. The smallest absolute Gasteiger partial charge is 0.408 e. The van der Waals surface area contributed by atoms with Gasteiger partial charge in [-0.1, -0.05) is 38.0 Å². The molecule has 0 aliphatic heterocycles. The zero-order valence-electron chi connectivity index (χ0n) is 20.4. The number of aryl methyl sites for hydroxylation is 2. The summed E-state index contributed by atoms with van der Waals surface area (Å²) in [6, 6.07) is 5.16. The van der Waals surface area contributed by atoms with Crippen molar-refractivity contribution < 1.29 is 19.1 Å². The average Bonchev–Trinajstić information content (AvgIpc) is 3.52. The van der Waals surface area contributed by atoms with Crippen molar-refractivity contribution in [3.05, 3.63) is 34.9 Å². The molecular formula is C25H39N3O4. The third-order valence-electron chi connectivity index (χ3n) is 5.43. The molecule has 1 aromatic carbocycles. The van der Waals surface area contributed by atoms with Crippen LogP contribution in [0.25, 0.3) is 0 Å². The highest BCUT2D eigenvalue weighted by molar-refractivity contribution is 5.91. The Labute approximate surface area is 192 Å². The van der Waals surface area contributed by atoms with Gasteiger partial charge in [0.1, 0.15) is 18.2 Å². The maximum atomic E-state index is 13.4. The topological polar surface area (TPSA) is 87.7 Å². The second-order valence-electron chi connectivity index (χ2n) is 9.59. The number of amides is 3. The van der Waals surface area contributed by atoms with Gasteiger partial charge in [-0.05, 0) is 70.6 Å². The van der Waals surface area contributed by atoms with Crippen LogP contribution in [0, 0.1) is 13.8 Å². The largest absolute Gasteiger partial charge is 0.444 e. The number of ether oxygens (including phenoxy) is 1. The van der Waals surface area contributed by atoms with E-state index < -0.39 is 17.7 Å². The summed E-state index contributed by atoms with van der Waals surface area (Å²) in [5, 5.41) is 5.59. The van der Waals surface area contributed by atoms with E-state index >= 15 is 0 Å². The van der Waals surface area contributed by atoms with Gasteiger partial charge in [0.2, 0.25) is 11.8 Å². The molecule has 1 atom stereocenters. The Morgan fingerprint density at radius 2 is 1.72 bits per heavy atom. The Hall–Kier alpha value is -2.57. The van der Waals surface area contributed by atoms with E-state index in [4.69, 9.17) is 4.74 Å². The van der Waals surface area contributed by atoms with E-state index in [0.29, 0.717) is 6.54 Å². The molecule has 0 aromatic heterocycles. The first kappa shape index (κ1) is 25.7. The van der Waals surface area contributed by atoms with Gasteiger partial charge in [-0.15, -0.1) is 0 Å². The van der Waals surface area contributed by atoms with Crippen molar-refractivity contribution in [2.45, 2.75) is 91.3 Å². The number of nitrogens with zero attached hydrogens (tertiary/aromatic N) is 1. The molecule has 1 unspecified atom stereocenters. The molecular weight excluding hydrogens is 406 g/mol. The molecule has 0 radical (unpaired) electrons. The monoisotopic (exact) mass is 445 g/mol. The number of unbranched alkanes of at least 4 members (excludes halogenated alkanes) is 2. The van der Waals surface area contributed by atoms with E-state index in [0.717, 1.165) is 48.8 Å². The van der Waals surface area contributed by atoms with E-state index in [1.54, 1.807) is 25.7 Å². The molecule has 0 heterocycles. The fraction of sp³-hybridized carbons (Fsp3) is 0.640. The highest BCUT2D eigenvalue weighted by Crippen LogP contribution is 2.37. The highest BCUT2D eigenvalue weighted by atomic mass is 16.6. The molecule has 2 rings (SSSR count). The summed E-state index contributed by atoms with van der Waals surface area (Å²) >= 11 is 0. The summed E-state index contributed by atoms with van der Waals surface area (Å²) in [5.41, 5.74) is 2.15. The van der Waals surface area contributed by atoms with Crippen LogP contribution in [0.15, 0.2) is 18.2 Å². The lowest BCUT2D eigenvalue weighted by atomic mass is 9.94. The Bertz CT molecular complexity index is 792. The second-order valence-corrected chi connectivity index (χ2v) is 9.59. The maximum absolute atomic E-state index is 13.4. The summed E-state index contributed by atoms with van der Waals surface area (Å²) < 4.78 is 5.25. The van der Waals surface area contributed by atoms with Crippen LogP contribution in [0.1, 0.15) is 82.5 Å². The van der Waals surface area contributed by atoms with Crippen LogP contribution in [0.4, 0.5) is 4.79 Å². The van der Waals surface area contributed by atoms with Crippen LogP contribution < -0.4 is 10.6 Å². The van der Waals surface area contributed by atoms with Crippen molar-refractivity contribution in [2.75, 3.05) is 13.1 Å². The minimum atomic E-state index is -0.724. The van der Waals surface area contributed by atoms with E-state index in [2.05, 4.69) is 17.6 Å². The van der Waals surface area contributed by atoms with Crippen LogP contribution in [-0.2, 0) is 14.3 Å². The van der Waals surface area contributed by atoms with Gasteiger partial charge in [-0.3, -0.25) is 9.59 Å². The lowest BCUT2D eigenvalue weighted by Crippen LogP contribution is -2.49. The molecule has 0 spiro atoms. The molecule has 2 N–H and O–H groups in total. The van der Waals surface area contributed by atoms with Crippen molar-refractivity contribution in [2.24, 2.45) is 0 Å². The van der Waals surface area contributed by atoms with Gasteiger partial charge in [0, 0.05) is 12.6 Å². The van der Waals surface area contributed by atoms with Crippen LogP contribution in [0.3, 0.4) is 0 Å². The molecule has 7 nitrogen and oxygen atoms in total. The first-order valence-corrected chi connectivity index (χ1v) is 11.7. The van der Waals surface area contributed by atoms with E-state index in [-0.39, 0.29) is 24.4 Å². The minimum absolute atomic E-state index is 0.00617. The maximum Gasteiger partial charge on any atom is 0.408 e. The Balaban J connectivity index is 2.26. The Morgan fingerprint density at radius 1 is 1.09 bits per heavy atom. The van der Waals surface area contributed by atoms with Gasteiger partial charge in [-0.25, -0.2) is 4.79 Å². The first-order valence-electron chi connectivity index (χ1n) is 11.7. The summed E-state index contributed by atoms with van der Waals surface area (Å²) in [4.78, 5) is 40.4. The van der Waals surface area contributed by atoms with Crippen molar-refractivity contribution >= 4 is 17.9 Å². The van der Waals surface area contributed by atoms with Crippen molar-refractivity contribution in [3.8, 4) is 0 Å². The molecule has 1 saturated carbocycles. The number of alkyl carbamates (subject to hydrolysis) is 1. The number of carbonyl (C=O) groups excluding carboxylic acids is 3. The van der Waals surface area contributed by atoms with Gasteiger partial charge in [0.05, 0.1) is 0 Å². The number of hydrogen-bond donors (Lipinski definition) is 2. The molecule has 0 bridgehead atoms. The number of benzene rings is 1. The standard InChI is InChI=1S/C25H39N3O4/c1-7-8-9-15-26-23(30)22(21-17(2)11-10-12-18(21)3)28(19-13-14-19)20(29)16-27-24(31)32-25(4,5)6/h10-12,19,22H,7-9,13-16H2,1-6H3,(H,26,30)(H,27,31). The highest BCUT2D eigenvalue weighted by Gasteiger charge is 2.42. The second kappa shape index (κ2) is 11.3. The van der Waals surface area contributed by atoms with Crippen molar-refractivity contribution in [1.29, 1.82) is 0 Å². The molecule has 178 valence electrons. The van der Waals surface area contributed by atoms with Gasteiger partial charge >= 0.3 is 6.09 Å². The predicted molar refractivity (Wildman–Crippen MR) is 125 cm³/mol. The van der Waals surface area contributed by atoms with Gasteiger partial charge < -0.3 is 20.3 Å². The first-order chi connectivity index (χ1) is 15.0. The van der Waals surface area contributed by atoms with Crippen LogP contribution in [0.2, 0.25) is 0 Å². The van der Waals surface area contributed by atoms with E-state index in [1.807, 2.05) is 32.0 Å². The molecule has 32 heavy (non-hydrogen) atoms. The van der Waals surface area contributed by atoms with E-state index in [1.165, 1.54) is 0 Å². The Kier molecular flexibility index (Phi) is 9.10. The van der Waals surface area contributed by atoms with Gasteiger partial charge in [-0.2, -0.15) is 0 Å². The van der Waals surface area contributed by atoms with E-state index in [9.17, 15) is 14.4 Å². The molecule has 1 fully saturated rings.